The van der Waals surface area contributed by atoms with Gasteiger partial charge in [0.25, 0.3) is 0 Å². The van der Waals surface area contributed by atoms with Crippen LogP contribution in [0.15, 0.2) is 23.1 Å². The molecule has 0 aromatic heterocycles. The van der Waals surface area contributed by atoms with Gasteiger partial charge in [-0.2, -0.15) is 0 Å². The highest BCUT2D eigenvalue weighted by Crippen LogP contribution is 2.52. The van der Waals surface area contributed by atoms with Crippen molar-refractivity contribution in [3.8, 4) is 5.75 Å². The molecule has 6 nitrogen and oxygen atoms in total. The molecule has 1 amide bonds. The molecule has 1 fully saturated rings. The topological polar surface area (TPSA) is 98.5 Å². The first-order valence-electron chi connectivity index (χ1n) is 6.78. The first-order valence-corrected chi connectivity index (χ1v) is 8.33. The fourth-order valence-corrected chi connectivity index (χ4v) is 3.23. The van der Waals surface area contributed by atoms with Gasteiger partial charge in [-0.15, -0.1) is 0 Å². The molecular weight excluding hydrogens is 292 g/mol. The van der Waals surface area contributed by atoms with Crippen molar-refractivity contribution in [3.63, 3.8) is 0 Å². The number of fused-ring (bicyclic) bond motifs is 1. The minimum atomic E-state index is -3.77. The fourth-order valence-electron chi connectivity index (χ4n) is 2.68. The van der Waals surface area contributed by atoms with Gasteiger partial charge in [-0.3, -0.25) is 4.79 Å². The minimum Gasteiger partial charge on any atom is -0.491 e. The lowest BCUT2D eigenvalue weighted by molar-refractivity contribution is -0.123. The summed E-state index contributed by atoms with van der Waals surface area (Å²) in [6.07, 6.45) is 0.872. The molecule has 1 aliphatic heterocycles. The Hall–Kier alpha value is -1.60. The van der Waals surface area contributed by atoms with E-state index >= 15 is 0 Å². The smallest absolute Gasteiger partial charge is 0.238 e. The van der Waals surface area contributed by atoms with Crippen LogP contribution in [0.5, 0.6) is 5.75 Å². The zero-order valence-electron chi connectivity index (χ0n) is 11.9. The summed E-state index contributed by atoms with van der Waals surface area (Å²) in [7, 11) is -3.77. The van der Waals surface area contributed by atoms with Gasteiger partial charge >= 0.3 is 0 Å². The summed E-state index contributed by atoms with van der Waals surface area (Å²) in [4.78, 5) is 12.2. The Morgan fingerprint density at radius 2 is 2.10 bits per heavy atom. The maximum atomic E-state index is 12.2. The van der Waals surface area contributed by atoms with Crippen LogP contribution in [-0.4, -0.2) is 20.9 Å². The standard InChI is InChI=1S/C14H18N2O4S/c1-14(2)6-10(14)13(17)16-11-7-20-12-4-3-8(5-9(11)12)21(15,18)19/h3-5,10-11H,6-7H2,1-2H3,(H,16,17)(H2,15,18,19). The van der Waals surface area contributed by atoms with E-state index in [2.05, 4.69) is 19.2 Å². The van der Waals surface area contributed by atoms with Crippen LogP contribution in [0.2, 0.25) is 0 Å². The number of carbonyl (C=O) groups is 1. The number of nitrogens with two attached hydrogens (primary N) is 1. The van der Waals surface area contributed by atoms with Gasteiger partial charge in [0.1, 0.15) is 12.4 Å². The molecule has 3 rings (SSSR count). The highest BCUT2D eigenvalue weighted by atomic mass is 32.2. The van der Waals surface area contributed by atoms with E-state index in [0.717, 1.165) is 6.42 Å². The van der Waals surface area contributed by atoms with E-state index < -0.39 is 10.0 Å². The molecule has 2 unspecified atom stereocenters. The van der Waals surface area contributed by atoms with Gasteiger partial charge in [0.2, 0.25) is 15.9 Å². The molecule has 0 radical (unpaired) electrons. The van der Waals surface area contributed by atoms with Crippen molar-refractivity contribution in [1.29, 1.82) is 0 Å². The monoisotopic (exact) mass is 310 g/mol. The lowest BCUT2D eigenvalue weighted by Gasteiger charge is -2.13. The molecule has 2 atom stereocenters. The van der Waals surface area contributed by atoms with E-state index in [1.165, 1.54) is 12.1 Å². The lowest BCUT2D eigenvalue weighted by atomic mass is 10.1. The molecule has 1 saturated carbocycles. The van der Waals surface area contributed by atoms with Gasteiger partial charge in [-0.25, -0.2) is 13.6 Å². The highest BCUT2D eigenvalue weighted by molar-refractivity contribution is 7.89. The van der Waals surface area contributed by atoms with Crippen molar-refractivity contribution >= 4 is 15.9 Å². The van der Waals surface area contributed by atoms with Crippen molar-refractivity contribution in [2.45, 2.75) is 31.2 Å². The summed E-state index contributed by atoms with van der Waals surface area (Å²) < 4.78 is 28.3. The second-order valence-electron chi connectivity index (χ2n) is 6.36. The minimum absolute atomic E-state index is 0.0116. The number of sulfonamides is 1. The molecule has 3 N–H and O–H groups in total. The zero-order chi connectivity index (χ0) is 15.4. The van der Waals surface area contributed by atoms with E-state index in [4.69, 9.17) is 9.88 Å². The Balaban J connectivity index is 1.81. The summed E-state index contributed by atoms with van der Waals surface area (Å²) in [5.41, 5.74) is 0.711. The Morgan fingerprint density at radius 3 is 2.67 bits per heavy atom. The highest BCUT2D eigenvalue weighted by Gasteiger charge is 2.51. The van der Waals surface area contributed by atoms with Crippen LogP contribution in [0.3, 0.4) is 0 Å². The van der Waals surface area contributed by atoms with E-state index in [0.29, 0.717) is 17.9 Å². The SMILES string of the molecule is CC1(C)CC1C(=O)NC1COc2ccc(S(N)(=O)=O)cc21. The van der Waals surface area contributed by atoms with Crippen LogP contribution in [-0.2, 0) is 14.8 Å². The number of hydrogen-bond acceptors (Lipinski definition) is 4. The molecular formula is C14H18N2O4S. The van der Waals surface area contributed by atoms with Crippen molar-refractivity contribution in [3.05, 3.63) is 23.8 Å². The largest absolute Gasteiger partial charge is 0.491 e. The van der Waals surface area contributed by atoms with E-state index in [-0.39, 0.29) is 28.2 Å². The lowest BCUT2D eigenvalue weighted by Crippen LogP contribution is -2.31. The number of primary sulfonamides is 1. The summed E-state index contributed by atoms with van der Waals surface area (Å²) >= 11 is 0. The summed E-state index contributed by atoms with van der Waals surface area (Å²) in [6.45, 7) is 4.41. The van der Waals surface area contributed by atoms with Crippen molar-refractivity contribution in [2.75, 3.05) is 6.61 Å². The van der Waals surface area contributed by atoms with Gasteiger partial charge in [0.15, 0.2) is 0 Å². The predicted octanol–water partition coefficient (Wildman–Crippen LogP) is 0.930. The molecule has 1 heterocycles. The van der Waals surface area contributed by atoms with Crippen LogP contribution in [0.4, 0.5) is 0 Å². The zero-order valence-corrected chi connectivity index (χ0v) is 12.7. The molecule has 0 bridgehead atoms. The molecule has 1 aromatic rings. The maximum Gasteiger partial charge on any atom is 0.238 e. The Morgan fingerprint density at radius 1 is 1.43 bits per heavy atom. The van der Waals surface area contributed by atoms with Crippen LogP contribution >= 0.6 is 0 Å². The summed E-state index contributed by atoms with van der Waals surface area (Å²) in [6, 6.07) is 4.12. The number of nitrogens with one attached hydrogen (secondary N) is 1. The molecule has 7 heteroatoms. The van der Waals surface area contributed by atoms with Crippen LogP contribution in [0.25, 0.3) is 0 Å². The quantitative estimate of drug-likeness (QED) is 0.867. The van der Waals surface area contributed by atoms with Crippen LogP contribution in [0, 0.1) is 11.3 Å². The third-order valence-corrected chi connectivity index (χ3v) is 5.15. The molecule has 1 aromatic carbocycles. The maximum absolute atomic E-state index is 12.2. The second kappa shape index (κ2) is 4.45. The molecule has 1 aliphatic carbocycles. The Bertz CT molecular complexity index is 712. The number of amides is 1. The van der Waals surface area contributed by atoms with Crippen LogP contribution in [0.1, 0.15) is 31.9 Å². The Kier molecular flexibility index (Phi) is 3.04. The normalized spacial score (nSPS) is 25.9. The van der Waals surface area contributed by atoms with Crippen molar-refractivity contribution < 1.29 is 17.9 Å². The van der Waals surface area contributed by atoms with Gasteiger partial charge in [0, 0.05) is 11.5 Å². The number of ether oxygens (including phenoxy) is 1. The third kappa shape index (κ3) is 2.63. The molecule has 0 saturated heterocycles. The second-order valence-corrected chi connectivity index (χ2v) is 7.92. The van der Waals surface area contributed by atoms with Gasteiger partial charge in [-0.1, -0.05) is 13.8 Å². The first-order chi connectivity index (χ1) is 9.68. The third-order valence-electron chi connectivity index (χ3n) is 4.24. The van der Waals surface area contributed by atoms with Crippen LogP contribution < -0.4 is 15.2 Å². The number of hydrogen-bond donors (Lipinski definition) is 2. The van der Waals surface area contributed by atoms with Gasteiger partial charge in [0.05, 0.1) is 10.9 Å². The van der Waals surface area contributed by atoms with Crippen molar-refractivity contribution in [1.82, 2.24) is 5.32 Å². The van der Waals surface area contributed by atoms with Gasteiger partial charge in [-0.05, 0) is 30.0 Å². The molecule has 2 aliphatic rings. The first kappa shape index (κ1) is 14.3. The molecule has 114 valence electrons. The number of benzene rings is 1. The van der Waals surface area contributed by atoms with Gasteiger partial charge < -0.3 is 10.1 Å². The van der Waals surface area contributed by atoms with Crippen molar-refractivity contribution in [2.24, 2.45) is 16.5 Å². The average Bonchev–Trinajstić information content (AvgIpc) is 2.85. The average molecular weight is 310 g/mol. The summed E-state index contributed by atoms with van der Waals surface area (Å²) in [5.74, 6) is 0.591. The van der Waals surface area contributed by atoms with E-state index in [1.807, 2.05) is 0 Å². The predicted molar refractivity (Wildman–Crippen MR) is 76.1 cm³/mol. The fraction of sp³-hybridized carbons (Fsp3) is 0.500. The van der Waals surface area contributed by atoms with E-state index in [9.17, 15) is 13.2 Å². The summed E-state index contributed by atoms with van der Waals surface area (Å²) in [5, 5.41) is 8.07. The van der Waals surface area contributed by atoms with E-state index in [1.54, 1.807) is 6.07 Å². The molecule has 21 heavy (non-hydrogen) atoms. The molecule has 0 spiro atoms. The Labute approximate surface area is 123 Å². The number of rotatable bonds is 3. The number of carbonyl (C=O) groups excluding carboxylic acids is 1.